The van der Waals surface area contributed by atoms with Crippen LogP contribution in [0.15, 0.2) is 91.0 Å². The van der Waals surface area contributed by atoms with E-state index in [1.54, 1.807) is 0 Å². The molecule has 0 fully saturated rings. The molecule has 0 N–H and O–H groups in total. The quantitative estimate of drug-likeness (QED) is 0.241. The van der Waals surface area contributed by atoms with Gasteiger partial charge >= 0.3 is 170 Å². The van der Waals surface area contributed by atoms with Crippen molar-refractivity contribution in [3.8, 4) is 0 Å². The van der Waals surface area contributed by atoms with Gasteiger partial charge in [0, 0.05) is 0 Å². The van der Waals surface area contributed by atoms with Crippen LogP contribution >= 0.6 is 38.0 Å². The van der Waals surface area contributed by atoms with Crippen LogP contribution in [0.3, 0.4) is 0 Å². The number of rotatable bonds is 7. The summed E-state index contributed by atoms with van der Waals surface area (Å²) in [5, 5.41) is 4.44. The van der Waals surface area contributed by atoms with Crippen LogP contribution in [-0.4, -0.2) is 18.2 Å². The van der Waals surface area contributed by atoms with Gasteiger partial charge in [0.2, 0.25) is 0 Å². The number of thioether (sulfide) groups is 1. The Labute approximate surface area is 168 Å². The number of halogens is 1. The number of hydrogen-bond acceptors (Lipinski definition) is 1. The van der Waals surface area contributed by atoms with Gasteiger partial charge in [-0.15, -0.1) is 0 Å². The van der Waals surface area contributed by atoms with Gasteiger partial charge in [-0.25, -0.2) is 0 Å². The first-order valence-electron chi connectivity index (χ1n) is 8.59. The van der Waals surface area contributed by atoms with E-state index in [0.29, 0.717) is 0 Å². The molecular weight excluding hydrogens is 454 g/mol. The molecule has 3 aromatic carbocycles. The zero-order valence-corrected chi connectivity index (χ0v) is 18.4. The molecule has 0 heterocycles. The molecule has 0 unspecified atom stereocenters. The molecule has 3 aromatic rings. The molecule has 3 rings (SSSR count). The van der Waals surface area contributed by atoms with Gasteiger partial charge in [0.25, 0.3) is 0 Å². The van der Waals surface area contributed by atoms with Gasteiger partial charge in [-0.3, -0.25) is 0 Å². The van der Waals surface area contributed by atoms with Gasteiger partial charge in [0.05, 0.1) is 0 Å². The Bertz CT molecular complexity index is 691. The fourth-order valence-electron chi connectivity index (χ4n) is 3.56. The summed E-state index contributed by atoms with van der Waals surface area (Å²) in [7, 11) is 0. The molecule has 0 nitrogen and oxygen atoms in total. The molecule has 0 radical (unpaired) electrons. The van der Waals surface area contributed by atoms with Crippen LogP contribution in [0.5, 0.6) is 0 Å². The van der Waals surface area contributed by atoms with Gasteiger partial charge in [-0.05, 0) is 0 Å². The van der Waals surface area contributed by atoms with E-state index >= 15 is 0 Å². The number of hydrogen-bond donors (Lipinski definition) is 0. The van der Waals surface area contributed by atoms with E-state index in [2.05, 4.69) is 119 Å². The van der Waals surface area contributed by atoms with Crippen molar-refractivity contribution >= 4 is 54.0 Å². The van der Waals surface area contributed by atoms with E-state index in [0.717, 1.165) is 0 Å². The summed E-state index contributed by atoms with van der Waals surface area (Å²) in [5.41, 5.74) is 0. The minimum absolute atomic E-state index is 1.20. The zero-order chi connectivity index (χ0) is 17.6. The van der Waals surface area contributed by atoms with Crippen LogP contribution < -0.4 is 15.9 Å². The summed E-state index contributed by atoms with van der Waals surface area (Å²) < 4.78 is -2.51. The molecule has 0 aliphatic rings. The second-order valence-electron chi connectivity index (χ2n) is 6.26. The molecular formula is C22H24IPS. The molecule has 25 heavy (non-hydrogen) atoms. The molecule has 0 atom stereocenters. The number of benzene rings is 3. The molecule has 0 aliphatic heterocycles. The van der Waals surface area contributed by atoms with Crippen molar-refractivity contribution in [1.29, 1.82) is 0 Å². The maximum absolute atomic E-state index is 2.87. The Morgan fingerprint density at radius 2 is 1.04 bits per heavy atom. The molecule has 0 aromatic heterocycles. The first-order valence-corrected chi connectivity index (χ1v) is 15.2. The summed E-state index contributed by atoms with van der Waals surface area (Å²) >= 11 is 4.81. The van der Waals surface area contributed by atoms with Crippen LogP contribution in [0.1, 0.15) is 6.42 Å². The fourth-order valence-corrected chi connectivity index (χ4v) is 12.9. The summed E-state index contributed by atoms with van der Waals surface area (Å²) in [6, 6.07) is 33.5. The van der Waals surface area contributed by atoms with E-state index in [1.807, 2.05) is 11.8 Å². The Hall–Kier alpha value is -0.830. The van der Waals surface area contributed by atoms with E-state index in [4.69, 9.17) is 0 Å². The molecule has 0 saturated heterocycles. The third kappa shape index (κ3) is 3.54. The van der Waals surface area contributed by atoms with Crippen LogP contribution in [0.25, 0.3) is 0 Å². The van der Waals surface area contributed by atoms with Crippen molar-refractivity contribution in [2.24, 2.45) is 0 Å². The molecule has 0 amide bonds. The van der Waals surface area contributed by atoms with Gasteiger partial charge in [-0.2, -0.15) is 0 Å². The molecule has 3 heteroatoms. The Morgan fingerprint density at radius 3 is 1.36 bits per heavy atom. The van der Waals surface area contributed by atoms with E-state index < -0.39 is 4.25 Å². The molecule has 0 bridgehead atoms. The van der Waals surface area contributed by atoms with Gasteiger partial charge in [0.15, 0.2) is 0 Å². The standard InChI is InChI=1S/C22H24IPS/c1-25-19-11-18-24(23,20-12-5-2-6-13-20,21-14-7-3-8-15-21)22-16-9-4-10-17-22/h2-10,12-17H,11,18-19H2,1H3. The van der Waals surface area contributed by atoms with Gasteiger partial charge < -0.3 is 0 Å². The average molecular weight is 478 g/mol. The van der Waals surface area contributed by atoms with Gasteiger partial charge in [-0.1, -0.05) is 0 Å². The Kier molecular flexibility index (Phi) is 6.25. The minimum atomic E-state index is -2.51. The van der Waals surface area contributed by atoms with E-state index in [9.17, 15) is 0 Å². The van der Waals surface area contributed by atoms with Crippen molar-refractivity contribution < 1.29 is 0 Å². The zero-order valence-electron chi connectivity index (χ0n) is 14.5. The van der Waals surface area contributed by atoms with Crippen molar-refractivity contribution in [1.82, 2.24) is 0 Å². The predicted octanol–water partition coefficient (Wildman–Crippen LogP) is 5.62. The first-order chi connectivity index (χ1) is 12.2. The Morgan fingerprint density at radius 1 is 0.680 bits per heavy atom. The van der Waals surface area contributed by atoms with Crippen LogP contribution in [0, 0.1) is 0 Å². The Balaban J connectivity index is 2.32. The third-order valence-electron chi connectivity index (χ3n) is 4.81. The second kappa shape index (κ2) is 8.24. The normalized spacial score (nSPS) is 13.1. The summed E-state index contributed by atoms with van der Waals surface area (Å²) in [6.45, 7) is 0. The monoisotopic (exact) mass is 478 g/mol. The fraction of sp³-hybridized carbons (Fsp3) is 0.182. The molecule has 0 saturated carbocycles. The topological polar surface area (TPSA) is 0 Å². The summed E-state index contributed by atoms with van der Waals surface area (Å²) in [4.78, 5) is 0. The van der Waals surface area contributed by atoms with E-state index in [1.165, 1.54) is 34.2 Å². The molecule has 130 valence electrons. The SMILES string of the molecule is CSCCCP(I)(c1ccccc1)(c1ccccc1)c1ccccc1. The third-order valence-corrected chi connectivity index (χ3v) is 17.2. The van der Waals surface area contributed by atoms with Crippen LogP contribution in [0.2, 0.25) is 0 Å². The van der Waals surface area contributed by atoms with E-state index in [-0.39, 0.29) is 0 Å². The summed E-state index contributed by atoms with van der Waals surface area (Å²) in [6.07, 6.45) is 4.63. The predicted molar refractivity (Wildman–Crippen MR) is 127 cm³/mol. The molecule has 0 aliphatic carbocycles. The second-order valence-corrected chi connectivity index (χ2v) is 18.0. The van der Waals surface area contributed by atoms with Crippen molar-refractivity contribution in [3.05, 3.63) is 91.0 Å². The van der Waals surface area contributed by atoms with Gasteiger partial charge in [0.1, 0.15) is 0 Å². The van der Waals surface area contributed by atoms with Crippen molar-refractivity contribution in [2.45, 2.75) is 6.42 Å². The maximum atomic E-state index is 2.87. The van der Waals surface area contributed by atoms with Crippen LogP contribution in [-0.2, 0) is 0 Å². The van der Waals surface area contributed by atoms with Crippen molar-refractivity contribution in [3.63, 3.8) is 0 Å². The van der Waals surface area contributed by atoms with Crippen molar-refractivity contribution in [2.75, 3.05) is 18.2 Å². The average Bonchev–Trinajstić information content (AvgIpc) is 2.70. The molecule has 0 spiro atoms. The van der Waals surface area contributed by atoms with Crippen LogP contribution in [0.4, 0.5) is 0 Å². The summed E-state index contributed by atoms with van der Waals surface area (Å²) in [5.74, 6) is 1.20. The first kappa shape index (κ1) is 18.9.